The Morgan fingerprint density at radius 1 is 1.00 bits per heavy atom. The first-order valence-corrected chi connectivity index (χ1v) is 12.4. The zero-order valence-electron chi connectivity index (χ0n) is 18.4. The molecule has 0 radical (unpaired) electrons. The third-order valence-corrected chi connectivity index (χ3v) is 7.18. The number of rotatable bonds is 8. The Balaban J connectivity index is 1.97. The van der Waals surface area contributed by atoms with Crippen LogP contribution in [0, 0.1) is 13.8 Å². The molecule has 0 aliphatic heterocycles. The normalized spacial score (nSPS) is 11.2. The number of carbonyl (C=O) groups is 1. The number of aryl methyl sites for hydroxylation is 1. The summed E-state index contributed by atoms with van der Waals surface area (Å²) >= 11 is 12.1. The van der Waals surface area contributed by atoms with Crippen LogP contribution in [0.2, 0.25) is 10.0 Å². The average Bonchev–Trinajstić information content (AvgIpc) is 2.75. The second-order valence-electron chi connectivity index (χ2n) is 7.34. The Bertz CT molecular complexity index is 1240. The second kappa shape index (κ2) is 10.5. The van der Waals surface area contributed by atoms with Gasteiger partial charge in [-0.15, -0.1) is 0 Å². The van der Waals surface area contributed by atoms with Crippen molar-refractivity contribution >= 4 is 50.5 Å². The summed E-state index contributed by atoms with van der Waals surface area (Å²) in [6.45, 7) is 5.65. The van der Waals surface area contributed by atoms with E-state index in [2.05, 4.69) is 5.32 Å². The van der Waals surface area contributed by atoms with E-state index in [-0.39, 0.29) is 14.9 Å². The molecule has 1 amide bonds. The topological polar surface area (TPSA) is 75.7 Å². The molecule has 0 heterocycles. The minimum Gasteiger partial charge on any atom is -0.494 e. The fraction of sp³-hybridized carbons (Fsp3) is 0.208. The molecule has 33 heavy (non-hydrogen) atoms. The first kappa shape index (κ1) is 24.9. The molecule has 0 spiro atoms. The van der Waals surface area contributed by atoms with E-state index in [0.717, 1.165) is 15.4 Å². The molecule has 0 unspecified atom stereocenters. The number of ether oxygens (including phenoxy) is 1. The standard InChI is InChI=1S/C24H24Cl2N2O4S/c1-4-32-21-10-8-20(9-11-21)27-24(29)15-28(23-7-5-6-16(2)17(23)3)33(30,31)22-13-18(25)12-19(26)14-22/h5-14H,4,15H2,1-3H3,(H,27,29). The van der Waals surface area contributed by atoms with Gasteiger partial charge in [0, 0.05) is 15.7 Å². The summed E-state index contributed by atoms with van der Waals surface area (Å²) in [4.78, 5) is 12.8. The quantitative estimate of drug-likeness (QED) is 0.416. The van der Waals surface area contributed by atoms with E-state index in [1.807, 2.05) is 26.8 Å². The predicted octanol–water partition coefficient (Wildman–Crippen LogP) is 5.84. The van der Waals surface area contributed by atoms with Crippen molar-refractivity contribution in [3.05, 3.63) is 81.8 Å². The van der Waals surface area contributed by atoms with E-state index in [1.54, 1.807) is 36.4 Å². The molecule has 6 nitrogen and oxygen atoms in total. The molecule has 174 valence electrons. The lowest BCUT2D eigenvalue weighted by atomic mass is 10.1. The van der Waals surface area contributed by atoms with Crippen LogP contribution in [0.5, 0.6) is 5.75 Å². The van der Waals surface area contributed by atoms with Gasteiger partial charge in [0.05, 0.1) is 17.2 Å². The van der Waals surface area contributed by atoms with E-state index < -0.39 is 22.5 Å². The molecule has 0 atom stereocenters. The predicted molar refractivity (Wildman–Crippen MR) is 133 cm³/mol. The van der Waals surface area contributed by atoms with Crippen molar-refractivity contribution in [3.63, 3.8) is 0 Å². The van der Waals surface area contributed by atoms with Gasteiger partial charge in [-0.2, -0.15) is 0 Å². The molecule has 0 aromatic heterocycles. The maximum absolute atomic E-state index is 13.6. The van der Waals surface area contributed by atoms with Gasteiger partial charge < -0.3 is 10.1 Å². The van der Waals surface area contributed by atoms with Crippen LogP contribution >= 0.6 is 23.2 Å². The summed E-state index contributed by atoms with van der Waals surface area (Å²) in [5, 5.41) is 3.10. The number of halogens is 2. The summed E-state index contributed by atoms with van der Waals surface area (Å²) < 4.78 is 33.7. The highest BCUT2D eigenvalue weighted by Gasteiger charge is 2.29. The third-order valence-electron chi connectivity index (χ3n) is 5.01. The van der Waals surface area contributed by atoms with Gasteiger partial charge in [-0.25, -0.2) is 8.42 Å². The Kier molecular flexibility index (Phi) is 7.89. The number of hydrogen-bond donors (Lipinski definition) is 1. The molecule has 3 aromatic carbocycles. The number of amides is 1. The van der Waals surface area contributed by atoms with Crippen LogP contribution in [0.15, 0.2) is 65.6 Å². The summed E-state index contributed by atoms with van der Waals surface area (Å²) in [7, 11) is -4.16. The molecule has 3 rings (SSSR count). The molecular weight excluding hydrogens is 483 g/mol. The molecular formula is C24H24Cl2N2O4S. The van der Waals surface area contributed by atoms with Crippen LogP contribution in [0.3, 0.4) is 0 Å². The number of nitrogens with one attached hydrogen (secondary N) is 1. The monoisotopic (exact) mass is 506 g/mol. The van der Waals surface area contributed by atoms with Gasteiger partial charge in [0.15, 0.2) is 0 Å². The van der Waals surface area contributed by atoms with Gasteiger partial charge in [0.2, 0.25) is 5.91 Å². The highest BCUT2D eigenvalue weighted by atomic mass is 35.5. The zero-order valence-corrected chi connectivity index (χ0v) is 20.8. The van der Waals surface area contributed by atoms with Crippen molar-refractivity contribution in [1.29, 1.82) is 0 Å². The Morgan fingerprint density at radius 3 is 2.24 bits per heavy atom. The van der Waals surface area contributed by atoms with Crippen molar-refractivity contribution in [2.24, 2.45) is 0 Å². The molecule has 0 bridgehead atoms. The number of sulfonamides is 1. The van der Waals surface area contributed by atoms with Crippen LogP contribution in [-0.2, 0) is 14.8 Å². The SMILES string of the molecule is CCOc1ccc(NC(=O)CN(c2cccc(C)c2C)S(=O)(=O)c2cc(Cl)cc(Cl)c2)cc1. The van der Waals surface area contributed by atoms with E-state index in [0.29, 0.717) is 23.7 Å². The lowest BCUT2D eigenvalue weighted by molar-refractivity contribution is -0.114. The van der Waals surface area contributed by atoms with Crippen LogP contribution in [0.25, 0.3) is 0 Å². The summed E-state index contributed by atoms with van der Waals surface area (Å²) in [6.07, 6.45) is 0. The number of carbonyl (C=O) groups excluding carboxylic acids is 1. The van der Waals surface area contributed by atoms with Crippen LogP contribution in [0.1, 0.15) is 18.1 Å². The molecule has 0 aliphatic rings. The fourth-order valence-electron chi connectivity index (χ4n) is 3.24. The minimum absolute atomic E-state index is 0.102. The number of anilines is 2. The average molecular weight is 507 g/mol. The van der Waals surface area contributed by atoms with E-state index in [9.17, 15) is 13.2 Å². The molecule has 0 saturated heterocycles. The fourth-order valence-corrected chi connectivity index (χ4v) is 5.45. The maximum Gasteiger partial charge on any atom is 0.264 e. The summed E-state index contributed by atoms with van der Waals surface area (Å²) in [5.41, 5.74) is 2.55. The lowest BCUT2D eigenvalue weighted by Crippen LogP contribution is -2.38. The number of nitrogens with zero attached hydrogens (tertiary/aromatic N) is 1. The van der Waals surface area contributed by atoms with Gasteiger partial charge in [-0.05, 0) is 80.4 Å². The largest absolute Gasteiger partial charge is 0.494 e. The summed E-state index contributed by atoms with van der Waals surface area (Å²) in [6, 6.07) is 16.2. The molecule has 3 aromatic rings. The third kappa shape index (κ3) is 5.99. The van der Waals surface area contributed by atoms with Gasteiger partial charge in [0.25, 0.3) is 10.0 Å². The molecule has 9 heteroatoms. The van der Waals surface area contributed by atoms with Crippen LogP contribution in [-0.4, -0.2) is 27.5 Å². The number of hydrogen-bond acceptors (Lipinski definition) is 4. The molecule has 0 aliphatic carbocycles. The Hall–Kier alpha value is -2.74. The van der Waals surface area contributed by atoms with Gasteiger partial charge in [-0.1, -0.05) is 35.3 Å². The van der Waals surface area contributed by atoms with Crippen molar-refractivity contribution in [2.45, 2.75) is 25.7 Å². The van der Waals surface area contributed by atoms with Crippen LogP contribution in [0.4, 0.5) is 11.4 Å². The van der Waals surface area contributed by atoms with E-state index >= 15 is 0 Å². The minimum atomic E-state index is -4.16. The maximum atomic E-state index is 13.6. The highest BCUT2D eigenvalue weighted by Crippen LogP contribution is 2.31. The summed E-state index contributed by atoms with van der Waals surface area (Å²) in [5.74, 6) is 0.171. The molecule has 1 N–H and O–H groups in total. The first-order valence-electron chi connectivity index (χ1n) is 10.2. The molecule has 0 saturated carbocycles. The number of benzene rings is 3. The lowest BCUT2D eigenvalue weighted by Gasteiger charge is -2.26. The molecule has 0 fully saturated rings. The van der Waals surface area contributed by atoms with Crippen molar-refractivity contribution in [2.75, 3.05) is 22.8 Å². The van der Waals surface area contributed by atoms with Gasteiger partial charge in [-0.3, -0.25) is 9.10 Å². The van der Waals surface area contributed by atoms with Crippen molar-refractivity contribution in [3.8, 4) is 5.75 Å². The van der Waals surface area contributed by atoms with Gasteiger partial charge >= 0.3 is 0 Å². The Morgan fingerprint density at radius 2 is 1.64 bits per heavy atom. The van der Waals surface area contributed by atoms with Crippen molar-refractivity contribution in [1.82, 2.24) is 0 Å². The first-order chi connectivity index (χ1) is 15.6. The Labute approximate surface area is 204 Å². The van der Waals surface area contributed by atoms with Crippen molar-refractivity contribution < 1.29 is 17.9 Å². The second-order valence-corrected chi connectivity index (χ2v) is 10.1. The van der Waals surface area contributed by atoms with E-state index in [4.69, 9.17) is 27.9 Å². The highest BCUT2D eigenvalue weighted by molar-refractivity contribution is 7.92. The smallest absolute Gasteiger partial charge is 0.264 e. The van der Waals surface area contributed by atoms with Gasteiger partial charge in [0.1, 0.15) is 12.3 Å². The van der Waals surface area contributed by atoms with Crippen LogP contribution < -0.4 is 14.4 Å². The zero-order chi connectivity index (χ0) is 24.2. The van der Waals surface area contributed by atoms with E-state index in [1.165, 1.54) is 18.2 Å².